The van der Waals surface area contributed by atoms with E-state index in [0.717, 1.165) is 11.3 Å². The van der Waals surface area contributed by atoms with Crippen molar-refractivity contribution in [1.82, 2.24) is 5.32 Å². The molecule has 0 aliphatic carbocycles. The molecule has 1 aliphatic rings. The molecule has 1 saturated heterocycles. The molecule has 1 aromatic rings. The Morgan fingerprint density at radius 3 is 2.68 bits per heavy atom. The van der Waals surface area contributed by atoms with Gasteiger partial charge in [-0.25, -0.2) is 0 Å². The fourth-order valence-corrected chi connectivity index (χ4v) is 2.66. The van der Waals surface area contributed by atoms with Gasteiger partial charge in [0.15, 0.2) is 6.29 Å². The third kappa shape index (κ3) is 3.97. The van der Waals surface area contributed by atoms with Crippen molar-refractivity contribution in [2.24, 2.45) is 5.92 Å². The molecule has 1 aliphatic heterocycles. The van der Waals surface area contributed by atoms with E-state index in [-0.39, 0.29) is 18.3 Å². The fourth-order valence-electron chi connectivity index (χ4n) is 2.66. The van der Waals surface area contributed by atoms with E-state index in [2.05, 4.69) is 5.32 Å². The molecule has 2 unspecified atom stereocenters. The zero-order chi connectivity index (χ0) is 16.1. The number of ether oxygens (including phenoxy) is 3. The SMILES string of the molecule is CNC(C(=O)O)[C@@H]1OC(OCc2ccc(OC)cc2)C[C@H]1C. The van der Waals surface area contributed by atoms with Gasteiger partial charge < -0.3 is 24.6 Å². The highest BCUT2D eigenvalue weighted by Crippen LogP contribution is 2.29. The molecule has 4 atom stereocenters. The molecule has 0 saturated carbocycles. The van der Waals surface area contributed by atoms with Crippen LogP contribution in [0.5, 0.6) is 5.75 Å². The molecule has 2 N–H and O–H groups in total. The first kappa shape index (κ1) is 16.7. The van der Waals surface area contributed by atoms with Crippen molar-refractivity contribution in [2.45, 2.75) is 38.4 Å². The normalized spacial score (nSPS) is 25.9. The van der Waals surface area contributed by atoms with Crippen LogP contribution in [0.2, 0.25) is 0 Å². The molecule has 122 valence electrons. The van der Waals surface area contributed by atoms with E-state index in [1.165, 1.54) is 0 Å². The summed E-state index contributed by atoms with van der Waals surface area (Å²) in [6.07, 6.45) is -0.0765. The van der Waals surface area contributed by atoms with Crippen molar-refractivity contribution in [3.05, 3.63) is 29.8 Å². The monoisotopic (exact) mass is 309 g/mol. The van der Waals surface area contributed by atoms with Crippen LogP contribution < -0.4 is 10.1 Å². The Kier molecular flexibility index (Phi) is 5.76. The maximum atomic E-state index is 11.2. The molecule has 22 heavy (non-hydrogen) atoms. The smallest absolute Gasteiger partial charge is 0.323 e. The number of aliphatic carboxylic acids is 1. The molecule has 0 aromatic heterocycles. The lowest BCUT2D eigenvalue weighted by atomic mass is 9.97. The topological polar surface area (TPSA) is 77.0 Å². The molecular weight excluding hydrogens is 286 g/mol. The predicted octanol–water partition coefficient (Wildman–Crippen LogP) is 1.64. The number of likely N-dealkylation sites (N-methyl/N-ethyl adjacent to an activating group) is 1. The number of benzene rings is 1. The van der Waals surface area contributed by atoms with Crippen LogP contribution in [-0.4, -0.2) is 43.7 Å². The Hall–Kier alpha value is -1.63. The van der Waals surface area contributed by atoms with Crippen molar-refractivity contribution in [1.29, 1.82) is 0 Å². The van der Waals surface area contributed by atoms with Gasteiger partial charge in [0.1, 0.15) is 11.8 Å². The number of nitrogens with one attached hydrogen (secondary N) is 1. The van der Waals surface area contributed by atoms with Gasteiger partial charge >= 0.3 is 5.97 Å². The molecule has 1 fully saturated rings. The second kappa shape index (κ2) is 7.58. The second-order valence-corrected chi connectivity index (χ2v) is 5.51. The average molecular weight is 309 g/mol. The minimum atomic E-state index is -0.907. The molecule has 0 spiro atoms. The maximum Gasteiger partial charge on any atom is 0.323 e. The highest BCUT2D eigenvalue weighted by molar-refractivity contribution is 5.74. The van der Waals surface area contributed by atoms with Gasteiger partial charge in [0, 0.05) is 6.42 Å². The van der Waals surface area contributed by atoms with E-state index >= 15 is 0 Å². The van der Waals surface area contributed by atoms with Crippen LogP contribution in [0, 0.1) is 5.92 Å². The summed E-state index contributed by atoms with van der Waals surface area (Å²) in [7, 11) is 3.25. The third-order valence-electron chi connectivity index (χ3n) is 3.93. The summed E-state index contributed by atoms with van der Waals surface area (Å²) >= 11 is 0. The van der Waals surface area contributed by atoms with Gasteiger partial charge in [0.25, 0.3) is 0 Å². The summed E-state index contributed by atoms with van der Waals surface area (Å²) in [5.74, 6) is 0.0115. The largest absolute Gasteiger partial charge is 0.497 e. The first-order valence-electron chi connectivity index (χ1n) is 7.35. The van der Waals surface area contributed by atoms with Crippen LogP contribution in [0.1, 0.15) is 18.9 Å². The molecule has 6 nitrogen and oxygen atoms in total. The molecule has 0 bridgehead atoms. The Morgan fingerprint density at radius 1 is 1.45 bits per heavy atom. The number of hydrogen-bond donors (Lipinski definition) is 2. The van der Waals surface area contributed by atoms with E-state index in [4.69, 9.17) is 14.2 Å². The van der Waals surface area contributed by atoms with E-state index in [1.807, 2.05) is 31.2 Å². The van der Waals surface area contributed by atoms with Crippen molar-refractivity contribution in [2.75, 3.05) is 14.2 Å². The Labute approximate surface area is 130 Å². The van der Waals surface area contributed by atoms with Crippen LogP contribution in [0.3, 0.4) is 0 Å². The lowest BCUT2D eigenvalue weighted by Gasteiger charge is -2.22. The van der Waals surface area contributed by atoms with Crippen LogP contribution in [0.4, 0.5) is 0 Å². The highest BCUT2D eigenvalue weighted by atomic mass is 16.7. The van der Waals surface area contributed by atoms with Crippen LogP contribution in [0.15, 0.2) is 24.3 Å². The summed E-state index contributed by atoms with van der Waals surface area (Å²) in [6, 6.07) is 6.90. The van der Waals surface area contributed by atoms with Crippen LogP contribution >= 0.6 is 0 Å². The number of carbonyl (C=O) groups is 1. The van der Waals surface area contributed by atoms with Gasteiger partial charge in [0.05, 0.1) is 19.8 Å². The highest BCUT2D eigenvalue weighted by Gasteiger charge is 2.40. The number of hydrogen-bond acceptors (Lipinski definition) is 5. The summed E-state index contributed by atoms with van der Waals surface area (Å²) in [6.45, 7) is 2.40. The van der Waals surface area contributed by atoms with Gasteiger partial charge in [-0.1, -0.05) is 19.1 Å². The van der Waals surface area contributed by atoms with E-state index in [9.17, 15) is 9.90 Å². The summed E-state index contributed by atoms with van der Waals surface area (Å²) in [5, 5.41) is 12.0. The van der Waals surface area contributed by atoms with Crippen molar-refractivity contribution in [3.63, 3.8) is 0 Å². The molecule has 0 amide bonds. The zero-order valence-corrected chi connectivity index (χ0v) is 13.1. The minimum Gasteiger partial charge on any atom is -0.497 e. The lowest BCUT2D eigenvalue weighted by molar-refractivity contribution is -0.160. The summed E-state index contributed by atoms with van der Waals surface area (Å²) in [4.78, 5) is 11.2. The molecule has 1 aromatic carbocycles. The van der Waals surface area contributed by atoms with Crippen molar-refractivity contribution >= 4 is 5.97 Å². The average Bonchev–Trinajstić information content (AvgIpc) is 2.87. The maximum absolute atomic E-state index is 11.2. The van der Waals surface area contributed by atoms with Gasteiger partial charge in [-0.05, 0) is 30.7 Å². The minimum absolute atomic E-state index is 0.120. The molecule has 2 rings (SSSR count). The van der Waals surface area contributed by atoms with Crippen LogP contribution in [0.25, 0.3) is 0 Å². The van der Waals surface area contributed by atoms with Gasteiger partial charge in [0.2, 0.25) is 0 Å². The first-order chi connectivity index (χ1) is 10.5. The third-order valence-corrected chi connectivity index (χ3v) is 3.93. The summed E-state index contributed by atoms with van der Waals surface area (Å²) in [5.41, 5.74) is 1.02. The molecule has 1 heterocycles. The van der Waals surface area contributed by atoms with Gasteiger partial charge in [-0.3, -0.25) is 4.79 Å². The fraction of sp³-hybridized carbons (Fsp3) is 0.562. The van der Waals surface area contributed by atoms with Crippen molar-refractivity contribution < 1.29 is 24.1 Å². The van der Waals surface area contributed by atoms with Gasteiger partial charge in [-0.2, -0.15) is 0 Å². The van der Waals surface area contributed by atoms with E-state index in [1.54, 1.807) is 14.2 Å². The van der Waals surface area contributed by atoms with E-state index in [0.29, 0.717) is 13.0 Å². The molecule has 0 radical (unpaired) electrons. The molecular formula is C16H23NO5. The number of methoxy groups -OCH3 is 1. The number of carboxylic acid groups (broad SMARTS) is 1. The Bertz CT molecular complexity index is 490. The summed E-state index contributed by atoms with van der Waals surface area (Å²) < 4.78 is 16.6. The Balaban J connectivity index is 1.88. The zero-order valence-electron chi connectivity index (χ0n) is 13.1. The standard InChI is InChI=1S/C16H23NO5/c1-10-8-13(22-15(10)14(17-2)16(18)19)21-9-11-4-6-12(20-3)7-5-11/h4-7,10,13-15,17H,8-9H2,1-3H3,(H,18,19)/t10-,13?,14?,15-/m1/s1. The quantitative estimate of drug-likeness (QED) is 0.797. The van der Waals surface area contributed by atoms with Gasteiger partial charge in [-0.15, -0.1) is 0 Å². The number of rotatable bonds is 7. The van der Waals surface area contributed by atoms with E-state index < -0.39 is 12.0 Å². The predicted molar refractivity (Wildman–Crippen MR) is 80.7 cm³/mol. The lowest BCUT2D eigenvalue weighted by Crippen LogP contribution is -2.46. The first-order valence-corrected chi connectivity index (χ1v) is 7.35. The number of carboxylic acids is 1. The Morgan fingerprint density at radius 2 is 2.14 bits per heavy atom. The second-order valence-electron chi connectivity index (χ2n) is 5.51. The van der Waals surface area contributed by atoms with Crippen LogP contribution in [-0.2, 0) is 20.9 Å². The van der Waals surface area contributed by atoms with Crippen molar-refractivity contribution in [3.8, 4) is 5.75 Å². The molecule has 6 heteroatoms.